The zero-order valence-electron chi connectivity index (χ0n) is 12.9. The van der Waals surface area contributed by atoms with Crippen LogP contribution >= 0.6 is 11.6 Å². The summed E-state index contributed by atoms with van der Waals surface area (Å²) in [5.74, 6) is 0.718. The maximum Gasteiger partial charge on any atom is 0.0438 e. The fraction of sp³-hybridized carbons (Fsp3) is 0.667. The molecule has 0 atom stereocenters. The zero-order chi connectivity index (χ0) is 14.4. The van der Waals surface area contributed by atoms with E-state index in [1.54, 1.807) is 0 Å². The van der Waals surface area contributed by atoms with Crippen molar-refractivity contribution < 1.29 is 0 Å². The predicted molar refractivity (Wildman–Crippen MR) is 88.4 cm³/mol. The van der Waals surface area contributed by atoms with Gasteiger partial charge in [0.15, 0.2) is 0 Å². The van der Waals surface area contributed by atoms with Crippen molar-refractivity contribution in [3.63, 3.8) is 0 Å². The van der Waals surface area contributed by atoms with Crippen LogP contribution in [0.3, 0.4) is 0 Å². The molecule has 2 heteroatoms. The Labute approximate surface area is 129 Å². The number of nitrogens with one attached hydrogen (secondary N) is 1. The Balaban J connectivity index is 2.04. The molecule has 0 saturated heterocycles. The molecule has 0 aliphatic heterocycles. The second-order valence-corrected chi connectivity index (χ2v) is 7.26. The lowest BCUT2D eigenvalue weighted by atomic mass is 9.70. The third-order valence-electron chi connectivity index (χ3n) is 4.49. The van der Waals surface area contributed by atoms with Crippen LogP contribution < -0.4 is 5.32 Å². The van der Waals surface area contributed by atoms with Crippen LogP contribution in [0.4, 0.5) is 0 Å². The molecule has 20 heavy (non-hydrogen) atoms. The number of hydrogen-bond donors (Lipinski definition) is 1. The molecular formula is C18H28ClN. The molecule has 1 N–H and O–H groups in total. The Bertz CT molecular complexity index is 408. The molecular weight excluding hydrogens is 266 g/mol. The summed E-state index contributed by atoms with van der Waals surface area (Å²) in [6.45, 7) is 6.80. The summed E-state index contributed by atoms with van der Waals surface area (Å²) in [5.41, 5.74) is 1.74. The number of rotatable bonds is 6. The van der Waals surface area contributed by atoms with E-state index in [1.165, 1.54) is 37.7 Å². The molecule has 0 radical (unpaired) electrons. The van der Waals surface area contributed by atoms with E-state index >= 15 is 0 Å². The van der Waals surface area contributed by atoms with Gasteiger partial charge < -0.3 is 5.32 Å². The molecule has 0 aromatic heterocycles. The first-order valence-electron chi connectivity index (χ1n) is 8.05. The van der Waals surface area contributed by atoms with Gasteiger partial charge in [-0.05, 0) is 48.8 Å². The molecule has 1 saturated carbocycles. The summed E-state index contributed by atoms with van der Waals surface area (Å²) in [7, 11) is 0. The van der Waals surface area contributed by atoms with Crippen LogP contribution in [-0.4, -0.2) is 13.1 Å². The van der Waals surface area contributed by atoms with E-state index in [-0.39, 0.29) is 0 Å². The molecule has 1 aliphatic carbocycles. The molecule has 2 rings (SSSR count). The van der Waals surface area contributed by atoms with Gasteiger partial charge >= 0.3 is 0 Å². The van der Waals surface area contributed by atoms with Crippen LogP contribution in [-0.2, 0) is 6.42 Å². The third-order valence-corrected chi connectivity index (χ3v) is 4.86. The van der Waals surface area contributed by atoms with Gasteiger partial charge in [0.2, 0.25) is 0 Å². The van der Waals surface area contributed by atoms with Crippen LogP contribution in [0.1, 0.15) is 51.5 Å². The van der Waals surface area contributed by atoms with E-state index in [0.29, 0.717) is 5.41 Å². The van der Waals surface area contributed by atoms with Crippen molar-refractivity contribution >= 4 is 11.6 Å². The first-order valence-corrected chi connectivity index (χ1v) is 8.43. The van der Waals surface area contributed by atoms with Crippen molar-refractivity contribution in [1.82, 2.24) is 5.32 Å². The molecule has 0 amide bonds. The average Bonchev–Trinajstić information content (AvgIpc) is 2.42. The summed E-state index contributed by atoms with van der Waals surface area (Å²) >= 11 is 6.37. The fourth-order valence-corrected chi connectivity index (χ4v) is 3.59. The summed E-state index contributed by atoms with van der Waals surface area (Å²) in [5, 5.41) is 4.62. The lowest BCUT2D eigenvalue weighted by Gasteiger charge is -2.38. The van der Waals surface area contributed by atoms with Crippen molar-refractivity contribution in [1.29, 1.82) is 0 Å². The second kappa shape index (κ2) is 7.47. The summed E-state index contributed by atoms with van der Waals surface area (Å²) in [4.78, 5) is 0. The van der Waals surface area contributed by atoms with Gasteiger partial charge in [0.25, 0.3) is 0 Å². The topological polar surface area (TPSA) is 12.0 Å². The van der Waals surface area contributed by atoms with Gasteiger partial charge in [-0.3, -0.25) is 0 Å². The Hall–Kier alpha value is -0.530. The lowest BCUT2D eigenvalue weighted by molar-refractivity contribution is 0.179. The highest BCUT2D eigenvalue weighted by atomic mass is 35.5. The van der Waals surface area contributed by atoms with Gasteiger partial charge in [-0.1, -0.05) is 62.9 Å². The van der Waals surface area contributed by atoms with Crippen molar-refractivity contribution in [2.45, 2.75) is 52.4 Å². The average molecular weight is 294 g/mol. The van der Waals surface area contributed by atoms with Crippen molar-refractivity contribution in [2.24, 2.45) is 11.3 Å². The van der Waals surface area contributed by atoms with Gasteiger partial charge in [-0.25, -0.2) is 0 Å². The summed E-state index contributed by atoms with van der Waals surface area (Å²) < 4.78 is 0. The highest BCUT2D eigenvalue weighted by Gasteiger charge is 2.32. The minimum atomic E-state index is 0.415. The third kappa shape index (κ3) is 4.49. The number of benzene rings is 1. The predicted octanol–water partition coefficient (Wildman–Crippen LogP) is 5.08. The molecule has 0 heterocycles. The summed E-state index contributed by atoms with van der Waals surface area (Å²) in [6, 6.07) is 8.35. The van der Waals surface area contributed by atoms with Crippen LogP contribution in [0.5, 0.6) is 0 Å². The van der Waals surface area contributed by atoms with Crippen LogP contribution in [0.2, 0.25) is 5.02 Å². The smallest absolute Gasteiger partial charge is 0.0438 e. The number of hydrogen-bond acceptors (Lipinski definition) is 1. The molecule has 1 aromatic rings. The van der Waals surface area contributed by atoms with Crippen molar-refractivity contribution in [3.8, 4) is 0 Å². The monoisotopic (exact) mass is 293 g/mol. The van der Waals surface area contributed by atoms with Crippen molar-refractivity contribution in [3.05, 3.63) is 34.9 Å². The Morgan fingerprint density at radius 1 is 1.15 bits per heavy atom. The maximum absolute atomic E-state index is 6.37. The molecule has 0 spiro atoms. The van der Waals surface area contributed by atoms with Crippen LogP contribution in [0.15, 0.2) is 24.3 Å². The minimum absolute atomic E-state index is 0.415. The minimum Gasteiger partial charge on any atom is -0.316 e. The van der Waals surface area contributed by atoms with E-state index in [1.807, 2.05) is 12.1 Å². The quantitative estimate of drug-likeness (QED) is 0.771. The van der Waals surface area contributed by atoms with Gasteiger partial charge in [0, 0.05) is 11.6 Å². The van der Waals surface area contributed by atoms with E-state index in [4.69, 9.17) is 11.6 Å². The SMILES string of the molecule is CC(C)CNCC1(Cc2ccccc2Cl)CCCCC1. The molecule has 1 nitrogen and oxygen atoms in total. The Kier molecular flexibility index (Phi) is 5.92. The van der Waals surface area contributed by atoms with E-state index in [0.717, 1.165) is 30.5 Å². The molecule has 1 aliphatic rings. The molecule has 1 fully saturated rings. The van der Waals surface area contributed by atoms with Gasteiger partial charge in [0.05, 0.1) is 0 Å². The zero-order valence-corrected chi connectivity index (χ0v) is 13.7. The highest BCUT2D eigenvalue weighted by Crippen LogP contribution is 2.40. The first kappa shape index (κ1) is 15.9. The van der Waals surface area contributed by atoms with E-state index < -0.39 is 0 Å². The maximum atomic E-state index is 6.37. The highest BCUT2D eigenvalue weighted by molar-refractivity contribution is 6.31. The molecule has 0 unspecified atom stereocenters. The van der Waals surface area contributed by atoms with Crippen LogP contribution in [0, 0.1) is 11.3 Å². The van der Waals surface area contributed by atoms with Gasteiger partial charge in [-0.2, -0.15) is 0 Å². The lowest BCUT2D eigenvalue weighted by Crippen LogP contribution is -2.39. The Morgan fingerprint density at radius 3 is 2.50 bits per heavy atom. The van der Waals surface area contributed by atoms with E-state index in [2.05, 4.69) is 31.3 Å². The molecule has 0 bridgehead atoms. The van der Waals surface area contributed by atoms with Crippen LogP contribution in [0.25, 0.3) is 0 Å². The normalized spacial score (nSPS) is 18.4. The summed E-state index contributed by atoms with van der Waals surface area (Å²) in [6.07, 6.45) is 7.93. The van der Waals surface area contributed by atoms with E-state index in [9.17, 15) is 0 Å². The Morgan fingerprint density at radius 2 is 1.85 bits per heavy atom. The molecule has 1 aromatic carbocycles. The van der Waals surface area contributed by atoms with Gasteiger partial charge in [0.1, 0.15) is 0 Å². The number of halogens is 1. The second-order valence-electron chi connectivity index (χ2n) is 6.85. The first-order chi connectivity index (χ1) is 9.61. The largest absolute Gasteiger partial charge is 0.316 e. The standard InChI is InChI=1S/C18H28ClN/c1-15(2)13-20-14-18(10-6-3-7-11-18)12-16-8-4-5-9-17(16)19/h4-5,8-9,15,20H,3,6-7,10-14H2,1-2H3. The van der Waals surface area contributed by atoms with Crippen molar-refractivity contribution in [2.75, 3.05) is 13.1 Å². The fourth-order valence-electron chi connectivity index (χ4n) is 3.39. The molecule has 112 valence electrons. The van der Waals surface area contributed by atoms with Gasteiger partial charge in [-0.15, -0.1) is 0 Å².